The summed E-state index contributed by atoms with van der Waals surface area (Å²) in [4.78, 5) is 12.8. The Balaban J connectivity index is 2.27. The average molecular weight is 363 g/mol. The summed E-state index contributed by atoms with van der Waals surface area (Å²) < 4.78 is 2.33. The summed E-state index contributed by atoms with van der Waals surface area (Å²) in [5, 5.41) is 4.31. The van der Waals surface area contributed by atoms with Gasteiger partial charge >= 0.3 is 0 Å². The molecule has 1 N–H and O–H groups in total. The molecule has 1 heterocycles. The fourth-order valence-corrected chi connectivity index (χ4v) is 3.77. The molecule has 0 aliphatic heterocycles. The lowest BCUT2D eigenvalue weighted by atomic mass is 9.99. The smallest absolute Gasteiger partial charge is 0.226 e. The highest BCUT2D eigenvalue weighted by Crippen LogP contribution is 2.38. The van der Waals surface area contributed by atoms with Crippen molar-refractivity contribution in [2.75, 3.05) is 0 Å². The Morgan fingerprint density at radius 2 is 1.48 bits per heavy atom. The van der Waals surface area contributed by atoms with Crippen molar-refractivity contribution in [3.63, 3.8) is 0 Å². The van der Waals surface area contributed by atoms with E-state index >= 15 is 0 Å². The van der Waals surface area contributed by atoms with Crippen molar-refractivity contribution < 1.29 is 4.79 Å². The first kappa shape index (κ1) is 19.2. The third-order valence-electron chi connectivity index (χ3n) is 4.55. The number of rotatable bonds is 3. The van der Waals surface area contributed by atoms with Gasteiger partial charge in [-0.3, -0.25) is 4.79 Å². The van der Waals surface area contributed by atoms with Gasteiger partial charge in [-0.05, 0) is 53.2 Å². The molecule has 0 unspecified atom stereocenters. The molecular weight excluding hydrogens is 332 g/mol. The average Bonchev–Trinajstić information content (AvgIpc) is 2.87. The van der Waals surface area contributed by atoms with Crippen LogP contribution >= 0.6 is 0 Å². The molecule has 2 aromatic carbocycles. The Labute approximate surface area is 162 Å². The highest BCUT2D eigenvalue weighted by molar-refractivity contribution is 6.00. The predicted molar refractivity (Wildman–Crippen MR) is 114 cm³/mol. The fraction of sp³-hybridized carbons (Fsp3) is 0.375. The van der Waals surface area contributed by atoms with Crippen LogP contribution in [0.1, 0.15) is 47.2 Å². The van der Waals surface area contributed by atoms with E-state index in [2.05, 4.69) is 79.2 Å². The minimum absolute atomic E-state index is 0.0491. The molecule has 3 aromatic rings. The number of para-hydroxylation sites is 1. The number of carbonyl (C=O) groups excluding carboxylic acids is 1. The zero-order chi connectivity index (χ0) is 19.8. The van der Waals surface area contributed by atoms with Gasteiger partial charge in [-0.15, -0.1) is 0 Å². The largest absolute Gasteiger partial charge is 0.351 e. The zero-order valence-corrected chi connectivity index (χ0v) is 17.3. The highest BCUT2D eigenvalue weighted by Gasteiger charge is 2.27. The molecule has 3 rings (SSSR count). The van der Waals surface area contributed by atoms with Gasteiger partial charge in [0.1, 0.15) is 0 Å². The van der Waals surface area contributed by atoms with Crippen LogP contribution in [0.15, 0.2) is 54.6 Å². The van der Waals surface area contributed by atoms with E-state index in [1.54, 1.807) is 0 Å². The van der Waals surface area contributed by atoms with Crippen molar-refractivity contribution in [3.05, 3.63) is 60.3 Å². The van der Waals surface area contributed by atoms with Crippen LogP contribution in [0.2, 0.25) is 0 Å². The van der Waals surface area contributed by atoms with Crippen LogP contribution < -0.4 is 5.32 Å². The standard InChI is InChI=1S/C24H30N2O/c1-23(2,3)25-21(27)16-20-22(17-12-8-7-9-13-17)18-14-10-11-15-19(18)26(20)24(4,5)6/h7-15H,16H2,1-6H3,(H,25,27). The molecule has 0 saturated heterocycles. The van der Waals surface area contributed by atoms with Crippen LogP contribution in [-0.2, 0) is 16.8 Å². The van der Waals surface area contributed by atoms with Gasteiger partial charge in [0.2, 0.25) is 5.91 Å². The Bertz CT molecular complexity index is 954. The summed E-state index contributed by atoms with van der Waals surface area (Å²) in [5.41, 5.74) is 4.16. The normalized spacial score (nSPS) is 12.4. The van der Waals surface area contributed by atoms with E-state index in [1.807, 2.05) is 26.8 Å². The number of aromatic nitrogens is 1. The number of hydrogen-bond acceptors (Lipinski definition) is 1. The molecule has 142 valence electrons. The number of nitrogens with zero attached hydrogens (tertiary/aromatic N) is 1. The van der Waals surface area contributed by atoms with Gasteiger partial charge in [-0.1, -0.05) is 48.5 Å². The number of fused-ring (bicyclic) bond motifs is 1. The third-order valence-corrected chi connectivity index (χ3v) is 4.55. The van der Waals surface area contributed by atoms with E-state index in [0.29, 0.717) is 6.42 Å². The lowest BCUT2D eigenvalue weighted by molar-refractivity contribution is -0.121. The minimum atomic E-state index is -0.247. The molecule has 0 radical (unpaired) electrons. The van der Waals surface area contributed by atoms with Crippen molar-refractivity contribution >= 4 is 16.8 Å². The fourth-order valence-electron chi connectivity index (χ4n) is 3.77. The maximum atomic E-state index is 12.8. The number of hydrogen-bond donors (Lipinski definition) is 1. The summed E-state index contributed by atoms with van der Waals surface area (Å²) in [5.74, 6) is 0.0491. The van der Waals surface area contributed by atoms with Gasteiger partial charge in [0, 0.05) is 33.2 Å². The second-order valence-corrected chi connectivity index (χ2v) is 9.19. The highest BCUT2D eigenvalue weighted by atomic mass is 16.1. The molecule has 0 aliphatic rings. The van der Waals surface area contributed by atoms with Crippen LogP contribution in [-0.4, -0.2) is 16.0 Å². The number of nitrogens with one attached hydrogen (secondary N) is 1. The van der Waals surface area contributed by atoms with Crippen molar-refractivity contribution in [2.24, 2.45) is 0 Å². The van der Waals surface area contributed by atoms with Gasteiger partial charge in [0.15, 0.2) is 0 Å². The van der Waals surface area contributed by atoms with Crippen LogP contribution in [0, 0.1) is 0 Å². The molecule has 1 amide bonds. The Hall–Kier alpha value is -2.55. The maximum Gasteiger partial charge on any atom is 0.226 e. The van der Waals surface area contributed by atoms with Gasteiger partial charge < -0.3 is 9.88 Å². The Morgan fingerprint density at radius 3 is 2.07 bits per heavy atom. The molecular formula is C24H30N2O. The van der Waals surface area contributed by atoms with Crippen molar-refractivity contribution in [2.45, 2.75) is 59.0 Å². The van der Waals surface area contributed by atoms with Crippen molar-refractivity contribution in [3.8, 4) is 11.1 Å². The van der Waals surface area contributed by atoms with Gasteiger partial charge in [-0.25, -0.2) is 0 Å². The first-order valence-corrected chi connectivity index (χ1v) is 9.57. The Morgan fingerprint density at radius 1 is 0.889 bits per heavy atom. The predicted octanol–water partition coefficient (Wildman–Crippen LogP) is 5.52. The number of carbonyl (C=O) groups is 1. The molecule has 3 heteroatoms. The molecule has 0 atom stereocenters. The van der Waals surface area contributed by atoms with E-state index in [4.69, 9.17) is 0 Å². The van der Waals surface area contributed by atoms with E-state index in [1.165, 1.54) is 10.9 Å². The van der Waals surface area contributed by atoms with E-state index in [-0.39, 0.29) is 17.0 Å². The SMILES string of the molecule is CC(C)(C)NC(=O)Cc1c(-c2ccccc2)c2ccccc2n1C(C)(C)C. The molecule has 0 spiro atoms. The summed E-state index contributed by atoms with van der Waals surface area (Å²) >= 11 is 0. The summed E-state index contributed by atoms with van der Waals surface area (Å²) in [6, 6.07) is 18.8. The molecule has 0 bridgehead atoms. The lowest BCUT2D eigenvalue weighted by Crippen LogP contribution is -2.42. The molecule has 3 nitrogen and oxygen atoms in total. The van der Waals surface area contributed by atoms with Crippen LogP contribution in [0.5, 0.6) is 0 Å². The van der Waals surface area contributed by atoms with Gasteiger partial charge in [0.05, 0.1) is 6.42 Å². The maximum absolute atomic E-state index is 12.8. The van der Waals surface area contributed by atoms with E-state index in [9.17, 15) is 4.79 Å². The second-order valence-electron chi connectivity index (χ2n) is 9.19. The quantitative estimate of drug-likeness (QED) is 0.654. The first-order valence-electron chi connectivity index (χ1n) is 9.57. The number of amides is 1. The monoisotopic (exact) mass is 362 g/mol. The topological polar surface area (TPSA) is 34.0 Å². The number of benzene rings is 2. The summed E-state index contributed by atoms with van der Waals surface area (Å²) in [6.45, 7) is 12.6. The summed E-state index contributed by atoms with van der Waals surface area (Å²) in [7, 11) is 0. The van der Waals surface area contributed by atoms with Gasteiger partial charge in [-0.2, -0.15) is 0 Å². The molecule has 0 aliphatic carbocycles. The molecule has 0 saturated carbocycles. The molecule has 0 fully saturated rings. The molecule has 27 heavy (non-hydrogen) atoms. The molecule has 1 aromatic heterocycles. The van der Waals surface area contributed by atoms with Crippen LogP contribution in [0.25, 0.3) is 22.0 Å². The third kappa shape index (κ3) is 4.08. The van der Waals surface area contributed by atoms with E-state index < -0.39 is 0 Å². The van der Waals surface area contributed by atoms with Crippen LogP contribution in [0.3, 0.4) is 0 Å². The van der Waals surface area contributed by atoms with Gasteiger partial charge in [0.25, 0.3) is 0 Å². The zero-order valence-electron chi connectivity index (χ0n) is 17.3. The minimum Gasteiger partial charge on any atom is -0.351 e. The van der Waals surface area contributed by atoms with Crippen molar-refractivity contribution in [1.82, 2.24) is 9.88 Å². The second kappa shape index (κ2) is 6.88. The first-order chi connectivity index (χ1) is 12.6. The van der Waals surface area contributed by atoms with Crippen LogP contribution in [0.4, 0.5) is 0 Å². The van der Waals surface area contributed by atoms with E-state index in [0.717, 1.165) is 16.8 Å². The summed E-state index contributed by atoms with van der Waals surface area (Å²) in [6.07, 6.45) is 0.355. The van der Waals surface area contributed by atoms with Crippen molar-refractivity contribution in [1.29, 1.82) is 0 Å². The Kier molecular flexibility index (Phi) is 4.90. The lowest BCUT2D eigenvalue weighted by Gasteiger charge is -2.27.